The summed E-state index contributed by atoms with van der Waals surface area (Å²) in [6, 6.07) is 15.4. The van der Waals surface area contributed by atoms with Gasteiger partial charge in [-0.2, -0.15) is 18.4 Å². The number of benzene rings is 2. The van der Waals surface area contributed by atoms with Crippen LogP contribution in [-0.4, -0.2) is 18.0 Å². The molecule has 142 valence electrons. The van der Waals surface area contributed by atoms with Crippen LogP contribution in [0.3, 0.4) is 0 Å². The molecular weight excluding hydrogens is 349 g/mol. The SMILES string of the molecule is CC1(CC#N)CCN(Cc2ccc(-c3cccc(C(F)(F)F)c3)cc2)CC1. The van der Waals surface area contributed by atoms with Crippen molar-refractivity contribution in [1.29, 1.82) is 5.26 Å². The zero-order valence-corrected chi connectivity index (χ0v) is 15.4. The van der Waals surface area contributed by atoms with E-state index >= 15 is 0 Å². The van der Waals surface area contributed by atoms with Crippen molar-refractivity contribution in [1.82, 2.24) is 4.90 Å². The van der Waals surface area contributed by atoms with E-state index in [0.29, 0.717) is 12.0 Å². The fourth-order valence-corrected chi connectivity index (χ4v) is 3.55. The first kappa shape index (κ1) is 19.4. The van der Waals surface area contributed by atoms with Crippen LogP contribution in [-0.2, 0) is 12.7 Å². The van der Waals surface area contributed by atoms with E-state index < -0.39 is 11.7 Å². The minimum atomic E-state index is -4.33. The van der Waals surface area contributed by atoms with Gasteiger partial charge in [-0.05, 0) is 60.2 Å². The first-order valence-corrected chi connectivity index (χ1v) is 9.15. The third-order valence-corrected chi connectivity index (χ3v) is 5.45. The van der Waals surface area contributed by atoms with Gasteiger partial charge in [0.2, 0.25) is 0 Å². The molecule has 1 aliphatic rings. The van der Waals surface area contributed by atoms with Gasteiger partial charge in [0.05, 0.1) is 11.6 Å². The lowest BCUT2D eigenvalue weighted by atomic mass is 9.78. The van der Waals surface area contributed by atoms with Gasteiger partial charge in [0.25, 0.3) is 0 Å². The highest BCUT2D eigenvalue weighted by atomic mass is 19.4. The Bertz CT molecular complexity index is 811. The lowest BCUT2D eigenvalue weighted by Crippen LogP contribution is -2.38. The van der Waals surface area contributed by atoms with E-state index in [0.717, 1.165) is 49.7 Å². The van der Waals surface area contributed by atoms with Crippen molar-refractivity contribution >= 4 is 0 Å². The molecule has 0 saturated carbocycles. The Balaban J connectivity index is 1.64. The molecule has 0 bridgehead atoms. The van der Waals surface area contributed by atoms with Crippen molar-refractivity contribution in [3.8, 4) is 17.2 Å². The number of hydrogen-bond acceptors (Lipinski definition) is 2. The summed E-state index contributed by atoms with van der Waals surface area (Å²) in [7, 11) is 0. The summed E-state index contributed by atoms with van der Waals surface area (Å²) in [4.78, 5) is 2.37. The smallest absolute Gasteiger partial charge is 0.299 e. The first-order chi connectivity index (χ1) is 12.8. The highest BCUT2D eigenvalue weighted by Gasteiger charge is 2.31. The average molecular weight is 372 g/mol. The normalized spacial score (nSPS) is 17.4. The predicted octanol–water partition coefficient (Wildman–Crippen LogP) is 5.89. The Labute approximate surface area is 158 Å². The molecule has 3 rings (SSSR count). The lowest BCUT2D eigenvalue weighted by molar-refractivity contribution is -0.137. The molecule has 1 fully saturated rings. The van der Waals surface area contributed by atoms with E-state index in [1.807, 2.05) is 24.3 Å². The summed E-state index contributed by atoms with van der Waals surface area (Å²) in [5.74, 6) is 0. The number of rotatable bonds is 4. The fraction of sp³-hybridized carbons (Fsp3) is 0.409. The quantitative estimate of drug-likeness (QED) is 0.669. The van der Waals surface area contributed by atoms with Crippen molar-refractivity contribution < 1.29 is 13.2 Å². The maximum Gasteiger partial charge on any atom is 0.416 e. The predicted molar refractivity (Wildman–Crippen MR) is 99.7 cm³/mol. The zero-order chi connectivity index (χ0) is 19.5. The minimum Gasteiger partial charge on any atom is -0.299 e. The Morgan fingerprint density at radius 2 is 1.70 bits per heavy atom. The number of nitriles is 1. The van der Waals surface area contributed by atoms with Crippen molar-refractivity contribution in [2.24, 2.45) is 5.41 Å². The topological polar surface area (TPSA) is 27.0 Å². The van der Waals surface area contributed by atoms with Crippen LogP contribution in [0.15, 0.2) is 48.5 Å². The standard InChI is InChI=1S/C22H23F3N2/c1-21(9-12-26)10-13-27(14-11-21)16-17-5-7-18(8-6-17)19-3-2-4-20(15-19)22(23,24)25/h2-8,15H,9-11,13-14,16H2,1H3. The van der Waals surface area contributed by atoms with Crippen LogP contribution >= 0.6 is 0 Å². The number of piperidine rings is 1. The zero-order valence-electron chi connectivity index (χ0n) is 15.4. The molecule has 2 aromatic carbocycles. The van der Waals surface area contributed by atoms with Gasteiger partial charge in [-0.25, -0.2) is 0 Å². The van der Waals surface area contributed by atoms with Crippen LogP contribution in [0.1, 0.15) is 37.3 Å². The molecular formula is C22H23F3N2. The summed E-state index contributed by atoms with van der Waals surface area (Å²) in [6.07, 6.45) is -1.69. The van der Waals surface area contributed by atoms with E-state index in [-0.39, 0.29) is 5.41 Å². The van der Waals surface area contributed by atoms with Gasteiger partial charge in [0.15, 0.2) is 0 Å². The average Bonchev–Trinajstić information content (AvgIpc) is 2.64. The number of likely N-dealkylation sites (tertiary alicyclic amines) is 1. The maximum atomic E-state index is 12.9. The molecule has 1 saturated heterocycles. The van der Waals surface area contributed by atoms with Crippen LogP contribution in [0.2, 0.25) is 0 Å². The van der Waals surface area contributed by atoms with Gasteiger partial charge >= 0.3 is 6.18 Å². The second-order valence-corrected chi connectivity index (χ2v) is 7.70. The van der Waals surface area contributed by atoms with Crippen LogP contribution in [0.5, 0.6) is 0 Å². The van der Waals surface area contributed by atoms with Crippen molar-refractivity contribution in [3.63, 3.8) is 0 Å². The molecule has 27 heavy (non-hydrogen) atoms. The molecule has 1 aliphatic heterocycles. The third kappa shape index (κ3) is 4.90. The lowest BCUT2D eigenvalue weighted by Gasteiger charge is -2.38. The van der Waals surface area contributed by atoms with Gasteiger partial charge in [0, 0.05) is 13.0 Å². The highest BCUT2D eigenvalue weighted by molar-refractivity contribution is 5.64. The summed E-state index contributed by atoms with van der Waals surface area (Å²) in [6.45, 7) is 4.93. The molecule has 0 aliphatic carbocycles. The third-order valence-electron chi connectivity index (χ3n) is 5.45. The van der Waals surface area contributed by atoms with E-state index in [1.54, 1.807) is 6.07 Å². The molecule has 0 radical (unpaired) electrons. The molecule has 1 heterocycles. The molecule has 0 N–H and O–H groups in total. The second kappa shape index (κ2) is 7.74. The van der Waals surface area contributed by atoms with Crippen molar-refractivity contribution in [3.05, 3.63) is 59.7 Å². The fourth-order valence-electron chi connectivity index (χ4n) is 3.55. The van der Waals surface area contributed by atoms with Crippen LogP contribution in [0.25, 0.3) is 11.1 Å². The molecule has 0 spiro atoms. The van der Waals surface area contributed by atoms with E-state index in [1.165, 1.54) is 12.1 Å². The number of alkyl halides is 3. The summed E-state index contributed by atoms with van der Waals surface area (Å²) in [5, 5.41) is 8.94. The molecule has 0 unspecified atom stereocenters. The maximum absolute atomic E-state index is 12.9. The molecule has 0 aromatic heterocycles. The highest BCUT2D eigenvalue weighted by Crippen LogP contribution is 2.35. The molecule has 2 nitrogen and oxygen atoms in total. The summed E-state index contributed by atoms with van der Waals surface area (Å²) >= 11 is 0. The van der Waals surface area contributed by atoms with Crippen molar-refractivity contribution in [2.75, 3.05) is 13.1 Å². The number of nitrogens with zero attached hydrogens (tertiary/aromatic N) is 2. The van der Waals surface area contributed by atoms with Crippen LogP contribution < -0.4 is 0 Å². The molecule has 2 aromatic rings. The summed E-state index contributed by atoms with van der Waals surface area (Å²) < 4.78 is 38.7. The minimum absolute atomic E-state index is 0.124. The Morgan fingerprint density at radius 1 is 1.04 bits per heavy atom. The number of hydrogen-bond donors (Lipinski definition) is 0. The van der Waals surface area contributed by atoms with Crippen molar-refractivity contribution in [2.45, 2.75) is 38.9 Å². The second-order valence-electron chi connectivity index (χ2n) is 7.70. The molecule has 0 atom stereocenters. The molecule has 5 heteroatoms. The molecule has 0 amide bonds. The van der Waals surface area contributed by atoms with Gasteiger partial charge in [-0.15, -0.1) is 0 Å². The van der Waals surface area contributed by atoms with Gasteiger partial charge in [-0.3, -0.25) is 4.90 Å². The van der Waals surface area contributed by atoms with E-state index in [2.05, 4.69) is 17.9 Å². The number of halogens is 3. The first-order valence-electron chi connectivity index (χ1n) is 9.15. The van der Waals surface area contributed by atoms with Gasteiger partial charge in [0.1, 0.15) is 0 Å². The Kier molecular flexibility index (Phi) is 5.57. The largest absolute Gasteiger partial charge is 0.416 e. The van der Waals surface area contributed by atoms with Gasteiger partial charge < -0.3 is 0 Å². The Morgan fingerprint density at radius 3 is 2.30 bits per heavy atom. The van der Waals surface area contributed by atoms with Crippen LogP contribution in [0, 0.1) is 16.7 Å². The van der Waals surface area contributed by atoms with Gasteiger partial charge in [-0.1, -0.05) is 43.3 Å². The summed E-state index contributed by atoms with van der Waals surface area (Å²) in [5.41, 5.74) is 2.00. The van der Waals surface area contributed by atoms with E-state index in [4.69, 9.17) is 5.26 Å². The monoisotopic (exact) mass is 372 g/mol. The van der Waals surface area contributed by atoms with E-state index in [9.17, 15) is 13.2 Å². The van der Waals surface area contributed by atoms with Crippen LogP contribution in [0.4, 0.5) is 13.2 Å². The Hall–Kier alpha value is -2.32.